The number of fused-ring (bicyclic) bond motifs is 1. The van der Waals surface area contributed by atoms with Crippen molar-refractivity contribution in [1.82, 2.24) is 15.0 Å². The van der Waals surface area contributed by atoms with Crippen molar-refractivity contribution < 1.29 is 0 Å². The third kappa shape index (κ3) is 3.43. The van der Waals surface area contributed by atoms with Gasteiger partial charge in [0.05, 0.1) is 16.6 Å². The lowest BCUT2D eigenvalue weighted by molar-refractivity contribution is 0.585. The van der Waals surface area contributed by atoms with Gasteiger partial charge in [0.15, 0.2) is 10.3 Å². The van der Waals surface area contributed by atoms with E-state index in [1.54, 1.807) is 17.8 Å². The maximum Gasteiger partial charge on any atom is 0.191 e. The minimum absolute atomic E-state index is 0.0424. The normalized spacial score (nSPS) is 16.5. The molecule has 1 aliphatic rings. The van der Waals surface area contributed by atoms with Gasteiger partial charge in [-0.25, -0.2) is 15.0 Å². The first-order chi connectivity index (χ1) is 11.3. The predicted octanol–water partition coefficient (Wildman–Crippen LogP) is 4.39. The largest absolute Gasteiger partial charge is 0.384 e. The summed E-state index contributed by atoms with van der Waals surface area (Å²) in [6.45, 7) is 7.35. The number of hydrogen-bond acceptors (Lipinski definition) is 7. The van der Waals surface area contributed by atoms with Crippen molar-refractivity contribution in [2.24, 2.45) is 0 Å². The van der Waals surface area contributed by atoms with E-state index in [0.29, 0.717) is 16.1 Å². The van der Waals surface area contributed by atoms with Crippen LogP contribution in [0.3, 0.4) is 0 Å². The Morgan fingerprint density at radius 2 is 2.04 bits per heavy atom. The Balaban J connectivity index is 1.90. The number of halogens is 1. The Hall–Kier alpha value is -1.18. The van der Waals surface area contributed by atoms with Crippen LogP contribution in [-0.4, -0.2) is 27.8 Å². The Bertz CT molecular complexity index is 781. The summed E-state index contributed by atoms with van der Waals surface area (Å²) < 4.78 is 0. The first-order valence-corrected chi connectivity index (χ1v) is 10.1. The van der Waals surface area contributed by atoms with Gasteiger partial charge in [-0.2, -0.15) is 0 Å². The number of nitrogens with two attached hydrogens (primary N) is 1. The molecule has 0 amide bonds. The van der Waals surface area contributed by atoms with Crippen LogP contribution in [0, 0.1) is 0 Å². The van der Waals surface area contributed by atoms with Gasteiger partial charge in [0, 0.05) is 18.0 Å². The lowest BCUT2D eigenvalue weighted by Gasteiger charge is -2.19. The number of hydrogen-bond donors (Lipinski definition) is 2. The second kappa shape index (κ2) is 6.61. The molecule has 0 aliphatic carbocycles. The molecule has 1 unspecified atom stereocenters. The zero-order valence-electron chi connectivity index (χ0n) is 14.1. The van der Waals surface area contributed by atoms with Crippen molar-refractivity contribution in [2.45, 2.75) is 41.6 Å². The van der Waals surface area contributed by atoms with Crippen molar-refractivity contribution in [2.75, 3.05) is 23.9 Å². The van der Waals surface area contributed by atoms with Gasteiger partial charge in [0.25, 0.3) is 0 Å². The van der Waals surface area contributed by atoms with Crippen LogP contribution in [0.4, 0.5) is 11.5 Å². The highest BCUT2D eigenvalue weighted by Gasteiger charge is 2.33. The van der Waals surface area contributed by atoms with E-state index in [0.717, 1.165) is 23.0 Å². The molecule has 0 saturated carbocycles. The summed E-state index contributed by atoms with van der Waals surface area (Å²) in [5.41, 5.74) is 8.99. The Morgan fingerprint density at radius 3 is 2.75 bits per heavy atom. The number of rotatable bonds is 4. The van der Waals surface area contributed by atoms with E-state index < -0.39 is 0 Å². The van der Waals surface area contributed by atoms with Gasteiger partial charge in [-0.3, -0.25) is 0 Å². The molecule has 0 bridgehead atoms. The van der Waals surface area contributed by atoms with Crippen LogP contribution in [-0.2, 0) is 5.41 Å². The molecule has 24 heavy (non-hydrogen) atoms. The van der Waals surface area contributed by atoms with Crippen LogP contribution in [0.1, 0.15) is 37.3 Å². The molecule has 8 heteroatoms. The van der Waals surface area contributed by atoms with Gasteiger partial charge in [0.1, 0.15) is 10.8 Å². The highest BCUT2D eigenvalue weighted by atomic mass is 35.5. The van der Waals surface area contributed by atoms with E-state index in [1.165, 1.54) is 17.3 Å². The molecule has 0 fully saturated rings. The fraction of sp³-hybridized carbons (Fsp3) is 0.438. The van der Waals surface area contributed by atoms with Crippen LogP contribution in [0.25, 0.3) is 0 Å². The zero-order chi connectivity index (χ0) is 17.5. The summed E-state index contributed by atoms with van der Waals surface area (Å²) in [7, 11) is 0. The summed E-state index contributed by atoms with van der Waals surface area (Å²) in [5.74, 6) is 0.481. The van der Waals surface area contributed by atoms with Gasteiger partial charge < -0.3 is 11.1 Å². The Morgan fingerprint density at radius 1 is 1.29 bits per heavy atom. The lowest BCUT2D eigenvalue weighted by Crippen LogP contribution is -2.19. The Labute approximate surface area is 155 Å². The molecule has 3 N–H and O–H groups in total. The summed E-state index contributed by atoms with van der Waals surface area (Å²) in [6, 6.07) is 3.92. The average Bonchev–Trinajstić information content (AvgIpc) is 2.82. The number of nitrogen functional groups attached to an aromatic ring is 1. The quantitative estimate of drug-likeness (QED) is 0.352. The monoisotopic (exact) mass is 381 g/mol. The smallest absolute Gasteiger partial charge is 0.191 e. The van der Waals surface area contributed by atoms with Crippen LogP contribution in [0.2, 0.25) is 5.15 Å². The summed E-state index contributed by atoms with van der Waals surface area (Å²) in [5, 5.41) is 5.47. The molecule has 0 aromatic carbocycles. The van der Waals surface area contributed by atoms with E-state index in [-0.39, 0.29) is 10.7 Å². The first-order valence-electron chi connectivity index (χ1n) is 7.60. The van der Waals surface area contributed by atoms with Crippen molar-refractivity contribution in [3.8, 4) is 0 Å². The molecular weight excluding hydrogens is 362 g/mol. The van der Waals surface area contributed by atoms with Crippen LogP contribution >= 0.6 is 35.1 Å². The third-order valence-corrected chi connectivity index (χ3v) is 5.93. The van der Waals surface area contributed by atoms with Crippen LogP contribution in [0.15, 0.2) is 22.3 Å². The molecule has 2 aromatic heterocycles. The van der Waals surface area contributed by atoms with Gasteiger partial charge >= 0.3 is 0 Å². The SMILES string of the molecule is CSc1cc(N)nc(SC(C)c2cc3c(c(Cl)n2)NCC3(C)C)n1. The molecule has 0 saturated heterocycles. The fourth-order valence-electron chi connectivity index (χ4n) is 2.64. The number of aromatic nitrogens is 3. The number of nitrogens with zero attached hydrogens (tertiary/aromatic N) is 3. The van der Waals surface area contributed by atoms with Crippen molar-refractivity contribution in [3.63, 3.8) is 0 Å². The topological polar surface area (TPSA) is 76.7 Å². The minimum Gasteiger partial charge on any atom is -0.384 e. The Kier molecular flexibility index (Phi) is 4.86. The van der Waals surface area contributed by atoms with Crippen LogP contribution in [0.5, 0.6) is 0 Å². The molecule has 3 rings (SSSR count). The number of anilines is 2. The summed E-state index contributed by atoms with van der Waals surface area (Å²) >= 11 is 9.47. The number of pyridine rings is 1. The standard InChI is InChI=1S/C16H20ClN5S2/c1-8(24-15-21-11(18)6-12(22-15)23-4)10-5-9-13(14(17)20-10)19-7-16(9,2)3/h5-6,8,19H,7H2,1-4H3,(H2,18,21,22). The predicted molar refractivity (Wildman–Crippen MR) is 103 cm³/mol. The van der Waals surface area contributed by atoms with Crippen LogP contribution < -0.4 is 11.1 Å². The number of nitrogens with one attached hydrogen (secondary N) is 1. The molecule has 1 aliphatic heterocycles. The second-order valence-corrected chi connectivity index (χ2v) is 8.87. The third-order valence-electron chi connectivity index (χ3n) is 4.04. The molecule has 0 spiro atoms. The molecule has 128 valence electrons. The summed E-state index contributed by atoms with van der Waals surface area (Å²) in [4.78, 5) is 13.4. The van der Waals surface area contributed by atoms with E-state index in [9.17, 15) is 0 Å². The maximum absolute atomic E-state index is 6.38. The lowest BCUT2D eigenvalue weighted by atomic mass is 9.87. The average molecular weight is 382 g/mol. The van der Waals surface area contributed by atoms with E-state index in [1.807, 2.05) is 6.26 Å². The van der Waals surface area contributed by atoms with E-state index in [2.05, 4.69) is 47.1 Å². The minimum atomic E-state index is 0.0424. The fourth-order valence-corrected chi connectivity index (χ4v) is 4.25. The van der Waals surface area contributed by atoms with E-state index in [4.69, 9.17) is 17.3 Å². The molecular formula is C16H20ClN5S2. The first kappa shape index (κ1) is 17.6. The number of thioether (sulfide) groups is 2. The zero-order valence-corrected chi connectivity index (χ0v) is 16.4. The highest BCUT2D eigenvalue weighted by Crippen LogP contribution is 2.43. The van der Waals surface area contributed by atoms with Crippen molar-refractivity contribution in [1.29, 1.82) is 0 Å². The van der Waals surface area contributed by atoms with Gasteiger partial charge in [-0.1, -0.05) is 37.2 Å². The van der Waals surface area contributed by atoms with Gasteiger partial charge in [-0.15, -0.1) is 11.8 Å². The highest BCUT2D eigenvalue weighted by molar-refractivity contribution is 7.99. The second-order valence-electron chi connectivity index (χ2n) is 6.38. The molecule has 3 heterocycles. The van der Waals surface area contributed by atoms with Gasteiger partial charge in [-0.05, 0) is 24.8 Å². The molecule has 1 atom stereocenters. The van der Waals surface area contributed by atoms with E-state index >= 15 is 0 Å². The van der Waals surface area contributed by atoms with Crippen molar-refractivity contribution >= 4 is 46.6 Å². The summed E-state index contributed by atoms with van der Waals surface area (Å²) in [6.07, 6.45) is 1.97. The maximum atomic E-state index is 6.38. The van der Waals surface area contributed by atoms with Gasteiger partial charge in [0.2, 0.25) is 0 Å². The molecule has 5 nitrogen and oxygen atoms in total. The molecule has 2 aromatic rings. The molecule has 0 radical (unpaired) electrons. The van der Waals surface area contributed by atoms with Crippen molar-refractivity contribution in [3.05, 3.63) is 28.5 Å².